The van der Waals surface area contributed by atoms with E-state index in [4.69, 9.17) is 14.8 Å². The minimum Gasteiger partial charge on any atom is -0.494 e. The van der Waals surface area contributed by atoms with Crippen LogP contribution in [-0.2, 0) is 10.0 Å². The lowest BCUT2D eigenvalue weighted by atomic mass is 10.0. The minimum absolute atomic E-state index is 0.00684. The van der Waals surface area contributed by atoms with Crippen LogP contribution in [0, 0.1) is 0 Å². The second-order valence-corrected chi connectivity index (χ2v) is 9.70. The largest absolute Gasteiger partial charge is 0.494 e. The quantitative estimate of drug-likeness (QED) is 0.207. The van der Waals surface area contributed by atoms with Gasteiger partial charge in [-0.2, -0.15) is 0 Å². The van der Waals surface area contributed by atoms with E-state index in [0.29, 0.717) is 46.7 Å². The Bertz CT molecular complexity index is 1510. The number of hydrogen-bond acceptors (Lipinski definition) is 7. The number of carbonyl (C=O) groups is 1. The Labute approximate surface area is 203 Å². The van der Waals surface area contributed by atoms with Crippen molar-refractivity contribution in [3.63, 3.8) is 0 Å². The van der Waals surface area contributed by atoms with Crippen LogP contribution >= 0.6 is 0 Å². The normalized spacial score (nSPS) is 11.4. The van der Waals surface area contributed by atoms with Crippen molar-refractivity contribution in [2.45, 2.75) is 6.42 Å². The summed E-state index contributed by atoms with van der Waals surface area (Å²) >= 11 is 0. The van der Waals surface area contributed by atoms with E-state index in [-0.39, 0.29) is 12.5 Å². The number of aliphatic hydroxyl groups excluding tert-OH is 1. The number of nitrogens with one attached hydrogen (secondary N) is 3. The molecule has 9 nitrogen and oxygen atoms in total. The van der Waals surface area contributed by atoms with Crippen LogP contribution in [-0.4, -0.2) is 50.9 Å². The maximum absolute atomic E-state index is 12.9. The number of aromatic nitrogens is 1. The van der Waals surface area contributed by atoms with E-state index in [1.807, 2.05) is 30.3 Å². The van der Waals surface area contributed by atoms with E-state index in [2.05, 4.69) is 15.4 Å². The van der Waals surface area contributed by atoms with Crippen LogP contribution in [0.4, 0.5) is 17.1 Å². The molecule has 0 unspecified atom stereocenters. The van der Waals surface area contributed by atoms with E-state index in [1.54, 1.807) is 30.3 Å². The van der Waals surface area contributed by atoms with E-state index in [9.17, 15) is 13.2 Å². The van der Waals surface area contributed by atoms with Gasteiger partial charge in [0.25, 0.3) is 5.91 Å². The topological polar surface area (TPSA) is 130 Å². The number of ether oxygens (including phenoxy) is 1. The van der Waals surface area contributed by atoms with Crippen LogP contribution in [0.15, 0.2) is 60.7 Å². The Morgan fingerprint density at radius 1 is 1.06 bits per heavy atom. The Kier molecular flexibility index (Phi) is 7.04. The maximum Gasteiger partial charge on any atom is 0.253 e. The highest BCUT2D eigenvalue weighted by molar-refractivity contribution is 7.92. The number of pyridine rings is 1. The average Bonchev–Trinajstić information content (AvgIpc) is 2.83. The summed E-state index contributed by atoms with van der Waals surface area (Å²) < 4.78 is 31.2. The van der Waals surface area contributed by atoms with E-state index in [0.717, 1.165) is 22.7 Å². The summed E-state index contributed by atoms with van der Waals surface area (Å²) in [6.07, 6.45) is 1.54. The third-order valence-electron chi connectivity index (χ3n) is 5.34. The number of anilines is 3. The fraction of sp³-hybridized carbons (Fsp3) is 0.200. The second kappa shape index (κ2) is 10.2. The van der Waals surface area contributed by atoms with Crippen LogP contribution in [0.1, 0.15) is 16.8 Å². The van der Waals surface area contributed by atoms with E-state index in [1.165, 1.54) is 7.11 Å². The molecule has 3 aromatic carbocycles. The summed E-state index contributed by atoms with van der Waals surface area (Å²) in [5.41, 5.74) is 3.38. The molecule has 10 heteroatoms. The Hall–Kier alpha value is -3.89. The molecule has 182 valence electrons. The molecule has 1 heterocycles. The second-order valence-electron chi connectivity index (χ2n) is 7.95. The summed E-state index contributed by atoms with van der Waals surface area (Å²) in [5, 5.41) is 16.8. The van der Waals surface area contributed by atoms with Gasteiger partial charge in [-0.25, -0.2) is 13.4 Å². The predicted molar refractivity (Wildman–Crippen MR) is 138 cm³/mol. The van der Waals surface area contributed by atoms with E-state index >= 15 is 0 Å². The van der Waals surface area contributed by atoms with Crippen LogP contribution in [0.5, 0.6) is 5.75 Å². The molecule has 0 bridgehead atoms. The van der Waals surface area contributed by atoms with Crippen molar-refractivity contribution in [3.05, 3.63) is 66.2 Å². The molecular weight excluding hydrogens is 468 g/mol. The zero-order valence-electron chi connectivity index (χ0n) is 19.3. The molecule has 0 atom stereocenters. The van der Waals surface area contributed by atoms with E-state index < -0.39 is 10.0 Å². The van der Waals surface area contributed by atoms with Crippen LogP contribution < -0.4 is 20.1 Å². The van der Waals surface area contributed by atoms with Gasteiger partial charge >= 0.3 is 0 Å². The van der Waals surface area contributed by atoms with Gasteiger partial charge in [-0.05, 0) is 30.7 Å². The van der Waals surface area contributed by atoms with Gasteiger partial charge in [-0.3, -0.25) is 9.52 Å². The minimum atomic E-state index is -3.44. The van der Waals surface area contributed by atoms with Crippen molar-refractivity contribution in [1.29, 1.82) is 0 Å². The summed E-state index contributed by atoms with van der Waals surface area (Å²) in [7, 11) is -1.94. The van der Waals surface area contributed by atoms with Gasteiger partial charge in [0.1, 0.15) is 5.75 Å². The number of aliphatic hydroxyl groups is 1. The molecule has 0 fully saturated rings. The lowest BCUT2D eigenvalue weighted by molar-refractivity contribution is 0.0952. The molecule has 1 amide bonds. The van der Waals surface area contributed by atoms with Crippen LogP contribution in [0.25, 0.3) is 21.8 Å². The van der Waals surface area contributed by atoms with Gasteiger partial charge in [0.2, 0.25) is 10.0 Å². The standard InChI is InChI=1S/C25H26N4O5S/c1-34-22-15-16(29-35(2,32)33)11-12-21(22)28-23-17-7-3-4-10-20(17)27-24-18(23)8-5-9-19(24)25(31)26-13-6-14-30/h3-5,7-12,15,29-30H,6,13-14H2,1-2H3,(H,26,31)(H,27,28). The van der Waals surface area contributed by atoms with Gasteiger partial charge < -0.3 is 20.5 Å². The number of rotatable bonds is 9. The molecule has 4 rings (SSSR count). The highest BCUT2D eigenvalue weighted by Crippen LogP contribution is 2.37. The van der Waals surface area contributed by atoms with Crippen molar-refractivity contribution in [2.24, 2.45) is 0 Å². The van der Waals surface area contributed by atoms with Gasteiger partial charge in [-0.15, -0.1) is 0 Å². The fourth-order valence-corrected chi connectivity index (χ4v) is 4.37. The molecule has 1 aromatic heterocycles. The maximum atomic E-state index is 12.9. The fourth-order valence-electron chi connectivity index (χ4n) is 3.81. The van der Waals surface area contributed by atoms with Crippen molar-refractivity contribution in [2.75, 3.05) is 36.6 Å². The Balaban J connectivity index is 1.84. The molecule has 0 aliphatic carbocycles. The van der Waals surface area contributed by atoms with Crippen molar-refractivity contribution in [3.8, 4) is 5.75 Å². The van der Waals surface area contributed by atoms with Crippen LogP contribution in [0.2, 0.25) is 0 Å². The number of fused-ring (bicyclic) bond motifs is 2. The average molecular weight is 495 g/mol. The van der Waals surface area contributed by atoms with Gasteiger partial charge in [-0.1, -0.05) is 30.3 Å². The molecule has 0 spiro atoms. The zero-order valence-corrected chi connectivity index (χ0v) is 20.1. The molecular formula is C25H26N4O5S. The molecule has 0 aliphatic rings. The lowest BCUT2D eigenvalue weighted by Gasteiger charge is -2.17. The first-order valence-electron chi connectivity index (χ1n) is 10.9. The number of methoxy groups -OCH3 is 1. The molecule has 35 heavy (non-hydrogen) atoms. The predicted octanol–water partition coefficient (Wildman–Crippen LogP) is 3.62. The molecule has 4 N–H and O–H groups in total. The third kappa shape index (κ3) is 5.44. The number of para-hydroxylation sites is 2. The number of nitrogens with zero attached hydrogens (tertiary/aromatic N) is 1. The summed E-state index contributed by atoms with van der Waals surface area (Å²) in [5.74, 6) is 0.164. The number of amides is 1. The smallest absolute Gasteiger partial charge is 0.253 e. The number of carbonyl (C=O) groups excluding carboxylic acids is 1. The Morgan fingerprint density at radius 2 is 1.83 bits per heavy atom. The van der Waals surface area contributed by atoms with Crippen molar-refractivity contribution < 1.29 is 23.1 Å². The van der Waals surface area contributed by atoms with Crippen molar-refractivity contribution in [1.82, 2.24) is 10.3 Å². The molecule has 0 aliphatic heterocycles. The summed E-state index contributed by atoms with van der Waals surface area (Å²) in [6, 6.07) is 17.9. The first-order valence-corrected chi connectivity index (χ1v) is 12.8. The molecule has 0 saturated heterocycles. The highest BCUT2D eigenvalue weighted by Gasteiger charge is 2.17. The van der Waals surface area contributed by atoms with Gasteiger partial charge in [0, 0.05) is 30.0 Å². The highest BCUT2D eigenvalue weighted by atomic mass is 32.2. The van der Waals surface area contributed by atoms with Crippen molar-refractivity contribution >= 4 is 54.8 Å². The lowest BCUT2D eigenvalue weighted by Crippen LogP contribution is -2.25. The first kappa shape index (κ1) is 24.2. The van der Waals surface area contributed by atoms with Crippen LogP contribution in [0.3, 0.4) is 0 Å². The first-order chi connectivity index (χ1) is 16.8. The SMILES string of the molecule is COc1cc(NS(C)(=O)=O)ccc1Nc1c2ccccc2nc2c(C(=O)NCCCO)cccc12. The monoisotopic (exact) mass is 494 g/mol. The van der Waals surface area contributed by atoms with Gasteiger partial charge in [0.05, 0.1) is 47.0 Å². The molecule has 0 saturated carbocycles. The summed E-state index contributed by atoms with van der Waals surface area (Å²) in [6.45, 7) is 0.350. The number of hydrogen-bond donors (Lipinski definition) is 4. The van der Waals surface area contributed by atoms with Gasteiger partial charge in [0.15, 0.2) is 0 Å². The number of sulfonamides is 1. The summed E-state index contributed by atoms with van der Waals surface area (Å²) in [4.78, 5) is 17.6. The molecule has 4 aromatic rings. The zero-order chi connectivity index (χ0) is 25.0. The number of benzene rings is 3. The third-order valence-corrected chi connectivity index (χ3v) is 5.95. The molecule has 0 radical (unpaired) electrons. The Morgan fingerprint density at radius 3 is 2.57 bits per heavy atom.